The van der Waals surface area contributed by atoms with Crippen LogP contribution < -0.4 is 0 Å². The summed E-state index contributed by atoms with van der Waals surface area (Å²) < 4.78 is 0. The first-order valence-corrected chi connectivity index (χ1v) is 3.89. The van der Waals surface area contributed by atoms with Crippen LogP contribution in [0.1, 0.15) is 13.3 Å². The molecule has 17 heavy (non-hydrogen) atoms. The first kappa shape index (κ1) is 14.4. The van der Waals surface area contributed by atoms with E-state index in [1.807, 2.05) is 0 Å². The Morgan fingerprint density at radius 2 is 1.35 bits per heavy atom. The van der Waals surface area contributed by atoms with Gasteiger partial charge < -0.3 is 4.84 Å². The quantitative estimate of drug-likeness (QED) is 0.327. The van der Waals surface area contributed by atoms with Crippen molar-refractivity contribution in [1.29, 1.82) is 0 Å². The monoisotopic (exact) mass is 254 g/mol. The molecule has 0 aliphatic rings. The third-order valence-electron chi connectivity index (χ3n) is 1.70. The lowest BCUT2D eigenvalue weighted by Crippen LogP contribution is -2.55. The van der Waals surface area contributed by atoms with Crippen LogP contribution in [0.3, 0.4) is 0 Å². The van der Waals surface area contributed by atoms with E-state index in [2.05, 4.69) is 4.84 Å². The number of nitro groups is 3. The normalized spacial score (nSPS) is 12.5. The van der Waals surface area contributed by atoms with Crippen LogP contribution in [0.2, 0.25) is 0 Å². The molecule has 1 unspecified atom stereocenters. The molecule has 0 fully saturated rings. The Kier molecular flexibility index (Phi) is 4.19. The van der Waals surface area contributed by atoms with Crippen molar-refractivity contribution >= 4 is 0 Å². The molecule has 96 valence electrons. The van der Waals surface area contributed by atoms with Crippen molar-refractivity contribution in [2.45, 2.75) is 25.2 Å². The van der Waals surface area contributed by atoms with E-state index in [1.165, 1.54) is 0 Å². The maximum Gasteiger partial charge on any atom is 0.702 e. The maximum atomic E-state index is 10.4. The molecule has 0 spiro atoms. The van der Waals surface area contributed by atoms with Gasteiger partial charge in [-0.1, -0.05) is 0 Å². The fraction of sp³-hybridized carbons (Fsp3) is 1.00. The van der Waals surface area contributed by atoms with Crippen LogP contribution in [0.15, 0.2) is 0 Å². The number of hydrogen-bond acceptors (Lipinski definition) is 9. The molecule has 0 saturated heterocycles. The Morgan fingerprint density at radius 1 is 1.00 bits per heavy atom. The van der Waals surface area contributed by atoms with Gasteiger partial charge in [0, 0.05) is 0 Å². The van der Waals surface area contributed by atoms with Crippen molar-refractivity contribution in [2.24, 2.45) is 0 Å². The van der Waals surface area contributed by atoms with Gasteiger partial charge >= 0.3 is 5.79 Å². The minimum atomic E-state index is -3.75. The zero-order valence-corrected chi connectivity index (χ0v) is 8.25. The second kappa shape index (κ2) is 4.95. The molecule has 0 aliphatic heterocycles. The van der Waals surface area contributed by atoms with E-state index in [4.69, 9.17) is 0 Å². The first-order chi connectivity index (χ1) is 7.64. The van der Waals surface area contributed by atoms with Gasteiger partial charge in [0.2, 0.25) is 0 Å². The van der Waals surface area contributed by atoms with E-state index in [0.717, 1.165) is 6.92 Å². The summed E-state index contributed by atoms with van der Waals surface area (Å²) in [5, 5.41) is 39.8. The molecule has 0 radical (unpaired) electrons. The summed E-state index contributed by atoms with van der Waals surface area (Å²) >= 11 is 0. The highest BCUT2D eigenvalue weighted by Gasteiger charge is 2.71. The predicted molar refractivity (Wildman–Crippen MR) is 45.9 cm³/mol. The summed E-state index contributed by atoms with van der Waals surface area (Å²) in [6.45, 7) is 0.869. The minimum Gasteiger partial charge on any atom is -0.310 e. The Labute approximate surface area is 91.5 Å². The summed E-state index contributed by atoms with van der Waals surface area (Å²) in [6.07, 6.45) is -3.05. The summed E-state index contributed by atoms with van der Waals surface area (Å²) in [7, 11) is 0. The van der Waals surface area contributed by atoms with Gasteiger partial charge in [0.15, 0.2) is 21.2 Å². The van der Waals surface area contributed by atoms with Gasteiger partial charge in [0.25, 0.3) is 5.09 Å². The number of rotatable bonds is 7. The highest BCUT2D eigenvalue weighted by Crippen LogP contribution is 2.20. The molecule has 1 atom stereocenters. The SMILES string of the molecule is CC(CC([N+](=O)[O-])([N+](=O)[O-])[N+](=O)[O-])O[N+](=O)[O-]. The van der Waals surface area contributed by atoms with Crippen LogP contribution in [0.4, 0.5) is 0 Å². The topological polar surface area (TPSA) is 182 Å². The minimum absolute atomic E-state index is 0.869. The van der Waals surface area contributed by atoms with Crippen molar-refractivity contribution in [3.63, 3.8) is 0 Å². The van der Waals surface area contributed by atoms with E-state index in [1.54, 1.807) is 0 Å². The van der Waals surface area contributed by atoms with E-state index < -0.39 is 38.2 Å². The van der Waals surface area contributed by atoms with E-state index in [0.29, 0.717) is 0 Å². The predicted octanol–water partition coefficient (Wildman–Crippen LogP) is -0.543. The molecule has 0 saturated carbocycles. The number of hydrogen-bond donors (Lipinski definition) is 0. The molecule has 0 aromatic carbocycles. The average molecular weight is 254 g/mol. The van der Waals surface area contributed by atoms with Crippen LogP contribution in [-0.4, -0.2) is 31.7 Å². The maximum absolute atomic E-state index is 10.4. The zero-order valence-electron chi connectivity index (χ0n) is 8.25. The molecule has 0 rings (SSSR count). The van der Waals surface area contributed by atoms with Gasteiger partial charge in [-0.25, -0.2) is 0 Å². The molecular formula is C4H6N4O9. The standard InChI is InChI=1S/C4H6N4O9/c1-3(17-8(15)16)2-4(5(9)10,6(11)12)7(13)14/h3H,2H2,1H3. The lowest BCUT2D eigenvalue weighted by Gasteiger charge is -2.12. The molecular weight excluding hydrogens is 248 g/mol. The Balaban J connectivity index is 5.20. The van der Waals surface area contributed by atoms with Crippen molar-refractivity contribution in [2.75, 3.05) is 0 Å². The average Bonchev–Trinajstić information content (AvgIpc) is 2.10. The van der Waals surface area contributed by atoms with Gasteiger partial charge in [0.05, 0.1) is 0 Å². The van der Waals surface area contributed by atoms with E-state index >= 15 is 0 Å². The van der Waals surface area contributed by atoms with Crippen LogP contribution >= 0.6 is 0 Å². The Bertz CT molecular complexity index is 330. The van der Waals surface area contributed by atoms with Crippen molar-refractivity contribution in [3.05, 3.63) is 40.5 Å². The molecule has 0 amide bonds. The fourth-order valence-electron chi connectivity index (χ4n) is 0.993. The lowest BCUT2D eigenvalue weighted by atomic mass is 10.2. The van der Waals surface area contributed by atoms with Crippen LogP contribution in [0.25, 0.3) is 0 Å². The van der Waals surface area contributed by atoms with Crippen molar-refractivity contribution in [1.82, 2.24) is 0 Å². The Hall–Kier alpha value is -2.60. The molecule has 0 heterocycles. The van der Waals surface area contributed by atoms with Gasteiger partial charge in [-0.05, 0) is 6.92 Å². The molecule has 0 aromatic heterocycles. The first-order valence-electron chi connectivity index (χ1n) is 3.89. The summed E-state index contributed by atoms with van der Waals surface area (Å²) in [6, 6.07) is 0. The third kappa shape index (κ3) is 2.93. The molecule has 0 aromatic rings. The largest absolute Gasteiger partial charge is 0.702 e. The zero-order chi connectivity index (χ0) is 13.8. The molecule has 13 nitrogen and oxygen atoms in total. The summed E-state index contributed by atoms with van der Waals surface area (Å²) in [4.78, 5) is 39.7. The van der Waals surface area contributed by atoms with Gasteiger partial charge in [0.1, 0.15) is 6.10 Å². The van der Waals surface area contributed by atoms with Crippen LogP contribution in [0, 0.1) is 40.5 Å². The summed E-state index contributed by atoms with van der Waals surface area (Å²) in [5.41, 5.74) is 0. The third-order valence-corrected chi connectivity index (χ3v) is 1.70. The van der Waals surface area contributed by atoms with Gasteiger partial charge in [-0.15, -0.1) is 10.1 Å². The number of nitrogens with zero attached hydrogens (tertiary/aromatic N) is 4. The highest BCUT2D eigenvalue weighted by atomic mass is 17.0. The molecule has 0 aliphatic carbocycles. The van der Waals surface area contributed by atoms with Gasteiger partial charge in [-0.2, -0.15) is 0 Å². The molecule has 0 bridgehead atoms. The fourth-order valence-corrected chi connectivity index (χ4v) is 0.993. The van der Waals surface area contributed by atoms with Gasteiger partial charge in [-0.3, -0.25) is 30.3 Å². The Morgan fingerprint density at radius 3 is 1.59 bits per heavy atom. The van der Waals surface area contributed by atoms with Crippen LogP contribution in [-0.2, 0) is 4.84 Å². The molecule has 13 heteroatoms. The molecule has 0 N–H and O–H groups in total. The van der Waals surface area contributed by atoms with Crippen molar-refractivity contribution < 1.29 is 24.7 Å². The van der Waals surface area contributed by atoms with Crippen molar-refractivity contribution in [3.8, 4) is 0 Å². The highest BCUT2D eigenvalue weighted by molar-refractivity contribution is 4.59. The second-order valence-corrected chi connectivity index (χ2v) is 2.89. The summed E-state index contributed by atoms with van der Waals surface area (Å²) in [5.74, 6) is -3.75. The lowest BCUT2D eigenvalue weighted by molar-refractivity contribution is -0.972. The van der Waals surface area contributed by atoms with Crippen LogP contribution in [0.5, 0.6) is 0 Å². The second-order valence-electron chi connectivity index (χ2n) is 2.89. The van der Waals surface area contributed by atoms with E-state index in [-0.39, 0.29) is 0 Å². The smallest absolute Gasteiger partial charge is 0.310 e. The van der Waals surface area contributed by atoms with E-state index in [9.17, 15) is 40.5 Å².